The van der Waals surface area contributed by atoms with Crippen molar-refractivity contribution in [1.82, 2.24) is 5.32 Å². The molecule has 2 N–H and O–H groups in total. The fraction of sp³-hybridized carbons (Fsp3) is 0.462. The van der Waals surface area contributed by atoms with Crippen LogP contribution in [0.1, 0.15) is 37.8 Å². The summed E-state index contributed by atoms with van der Waals surface area (Å²) >= 11 is 0. The first-order chi connectivity index (χ1) is 8.16. The van der Waals surface area contributed by atoms with E-state index >= 15 is 0 Å². The highest BCUT2D eigenvalue weighted by Gasteiger charge is 2.16. The number of hydrogen-bond donors (Lipinski definition) is 2. The van der Waals surface area contributed by atoms with Crippen LogP contribution in [0.3, 0.4) is 0 Å². The van der Waals surface area contributed by atoms with Crippen LogP contribution in [-0.2, 0) is 4.79 Å². The highest BCUT2D eigenvalue weighted by molar-refractivity contribution is 5.85. The fourth-order valence-electron chi connectivity index (χ4n) is 2.13. The minimum Gasteiger partial charge on any atom is -0.504 e. The molecule has 0 spiro atoms. The SMILES string of the molecule is CC(=O)Oc1ccc([C@H]2CCCCN2)cc1O.Cl. The van der Waals surface area contributed by atoms with Gasteiger partial charge in [-0.25, -0.2) is 0 Å². The molecule has 1 aliphatic rings. The Morgan fingerprint density at radius 2 is 2.22 bits per heavy atom. The Hall–Kier alpha value is -1.26. The van der Waals surface area contributed by atoms with Gasteiger partial charge in [-0.1, -0.05) is 12.5 Å². The van der Waals surface area contributed by atoms with Gasteiger partial charge in [0.2, 0.25) is 0 Å². The van der Waals surface area contributed by atoms with Crippen molar-refractivity contribution in [2.45, 2.75) is 32.2 Å². The number of hydrogen-bond acceptors (Lipinski definition) is 4. The first kappa shape index (κ1) is 14.8. The molecule has 1 fully saturated rings. The average Bonchev–Trinajstić information content (AvgIpc) is 2.32. The molecule has 1 aliphatic heterocycles. The molecule has 1 saturated heterocycles. The van der Waals surface area contributed by atoms with E-state index in [0.29, 0.717) is 6.04 Å². The number of phenolic OH excluding ortho intramolecular Hbond substituents is 1. The summed E-state index contributed by atoms with van der Waals surface area (Å²) in [4.78, 5) is 10.8. The summed E-state index contributed by atoms with van der Waals surface area (Å²) < 4.78 is 4.88. The second-order valence-corrected chi connectivity index (χ2v) is 4.32. The van der Waals surface area contributed by atoms with Gasteiger partial charge in [-0.05, 0) is 37.1 Å². The van der Waals surface area contributed by atoms with Crippen molar-refractivity contribution >= 4 is 18.4 Å². The number of benzene rings is 1. The number of halogens is 1. The molecule has 1 heterocycles. The lowest BCUT2D eigenvalue weighted by molar-refractivity contribution is -0.132. The van der Waals surface area contributed by atoms with E-state index in [0.717, 1.165) is 18.5 Å². The molecule has 4 nitrogen and oxygen atoms in total. The molecule has 100 valence electrons. The van der Waals surface area contributed by atoms with E-state index in [1.165, 1.54) is 19.8 Å². The first-order valence-corrected chi connectivity index (χ1v) is 5.91. The summed E-state index contributed by atoms with van der Waals surface area (Å²) in [5.41, 5.74) is 1.04. The van der Waals surface area contributed by atoms with Crippen molar-refractivity contribution < 1.29 is 14.6 Å². The van der Waals surface area contributed by atoms with E-state index in [2.05, 4.69) is 5.32 Å². The molecule has 0 amide bonds. The Labute approximate surface area is 113 Å². The Morgan fingerprint density at radius 3 is 2.78 bits per heavy atom. The molecule has 0 aliphatic carbocycles. The Morgan fingerprint density at radius 1 is 1.44 bits per heavy atom. The first-order valence-electron chi connectivity index (χ1n) is 5.91. The Kier molecular flexibility index (Phi) is 5.44. The summed E-state index contributed by atoms with van der Waals surface area (Å²) in [6.07, 6.45) is 3.48. The van der Waals surface area contributed by atoms with Crippen LogP contribution in [0.4, 0.5) is 0 Å². The summed E-state index contributed by atoms with van der Waals surface area (Å²) in [7, 11) is 0. The molecule has 1 atom stereocenters. The number of rotatable bonds is 2. The molecule has 0 radical (unpaired) electrons. The summed E-state index contributed by atoms with van der Waals surface area (Å²) in [6, 6.07) is 5.49. The molecule has 18 heavy (non-hydrogen) atoms. The zero-order valence-electron chi connectivity index (χ0n) is 10.3. The van der Waals surface area contributed by atoms with Gasteiger partial charge in [0.05, 0.1) is 0 Å². The number of aromatic hydroxyl groups is 1. The zero-order chi connectivity index (χ0) is 12.3. The van der Waals surface area contributed by atoms with Gasteiger partial charge in [0.25, 0.3) is 0 Å². The van der Waals surface area contributed by atoms with E-state index in [-0.39, 0.29) is 23.9 Å². The summed E-state index contributed by atoms with van der Waals surface area (Å²) in [6.45, 7) is 2.33. The van der Waals surface area contributed by atoms with Gasteiger partial charge in [-0.15, -0.1) is 12.4 Å². The minimum absolute atomic E-state index is 0. The topological polar surface area (TPSA) is 58.6 Å². The number of phenols is 1. The lowest BCUT2D eigenvalue weighted by Gasteiger charge is -2.24. The molecule has 2 rings (SSSR count). The van der Waals surface area contributed by atoms with Crippen molar-refractivity contribution in [2.24, 2.45) is 0 Å². The largest absolute Gasteiger partial charge is 0.504 e. The van der Waals surface area contributed by atoms with Crippen molar-refractivity contribution in [3.05, 3.63) is 23.8 Å². The maximum Gasteiger partial charge on any atom is 0.308 e. The third kappa shape index (κ3) is 3.62. The van der Waals surface area contributed by atoms with Crippen LogP contribution >= 0.6 is 12.4 Å². The number of ether oxygens (including phenoxy) is 1. The van der Waals surface area contributed by atoms with Crippen LogP contribution in [0.5, 0.6) is 11.5 Å². The lowest BCUT2D eigenvalue weighted by Crippen LogP contribution is -2.26. The standard InChI is InChI=1S/C13H17NO3.ClH/c1-9(15)17-13-6-5-10(8-12(13)16)11-4-2-3-7-14-11;/h5-6,8,11,14,16H,2-4,7H2,1H3;1H/t11-;/m1./s1. The smallest absolute Gasteiger partial charge is 0.308 e. The van der Waals surface area contributed by atoms with Gasteiger partial charge >= 0.3 is 5.97 Å². The lowest BCUT2D eigenvalue weighted by atomic mass is 9.97. The predicted molar refractivity (Wildman–Crippen MR) is 71.3 cm³/mol. The van der Waals surface area contributed by atoms with Crippen molar-refractivity contribution in [3.63, 3.8) is 0 Å². The minimum atomic E-state index is -0.427. The number of carbonyl (C=O) groups excluding carboxylic acids is 1. The van der Waals surface area contributed by atoms with Crippen LogP contribution in [-0.4, -0.2) is 17.6 Å². The average molecular weight is 272 g/mol. The quantitative estimate of drug-likeness (QED) is 0.641. The van der Waals surface area contributed by atoms with Crippen molar-refractivity contribution in [2.75, 3.05) is 6.54 Å². The molecule has 1 aromatic carbocycles. The van der Waals surface area contributed by atoms with Gasteiger partial charge in [0.15, 0.2) is 11.5 Å². The molecule has 5 heteroatoms. The van der Waals surface area contributed by atoms with Crippen molar-refractivity contribution in [1.29, 1.82) is 0 Å². The second kappa shape index (κ2) is 6.61. The summed E-state index contributed by atoms with van der Waals surface area (Å²) in [5, 5.41) is 13.2. The van der Waals surface area contributed by atoms with Crippen molar-refractivity contribution in [3.8, 4) is 11.5 Å². The van der Waals surface area contributed by atoms with Gasteiger partial charge in [0, 0.05) is 13.0 Å². The molecule has 0 bridgehead atoms. The highest BCUT2D eigenvalue weighted by Crippen LogP contribution is 2.31. The molecular formula is C13H18ClNO3. The van der Waals surface area contributed by atoms with Gasteiger partial charge in [0.1, 0.15) is 0 Å². The van der Waals surface area contributed by atoms with Crippen LogP contribution in [0.2, 0.25) is 0 Å². The molecule has 0 saturated carbocycles. The summed E-state index contributed by atoms with van der Waals surface area (Å²) in [5.74, 6) is -0.189. The van der Waals surface area contributed by atoms with E-state index in [1.807, 2.05) is 6.07 Å². The normalized spacial score (nSPS) is 18.8. The fourth-order valence-corrected chi connectivity index (χ4v) is 2.13. The maximum atomic E-state index is 10.8. The molecular weight excluding hydrogens is 254 g/mol. The van der Waals surface area contributed by atoms with E-state index in [4.69, 9.17) is 4.74 Å². The van der Waals surface area contributed by atoms with Crippen LogP contribution in [0.25, 0.3) is 0 Å². The zero-order valence-corrected chi connectivity index (χ0v) is 11.1. The number of nitrogens with one attached hydrogen (secondary N) is 1. The maximum absolute atomic E-state index is 10.8. The molecule has 1 aromatic rings. The van der Waals surface area contributed by atoms with Crippen LogP contribution < -0.4 is 10.1 Å². The second-order valence-electron chi connectivity index (χ2n) is 4.32. The van der Waals surface area contributed by atoms with E-state index in [1.54, 1.807) is 12.1 Å². The van der Waals surface area contributed by atoms with E-state index in [9.17, 15) is 9.90 Å². The van der Waals surface area contributed by atoms with Gasteiger partial charge in [-0.3, -0.25) is 4.79 Å². The number of piperidine rings is 1. The van der Waals surface area contributed by atoms with Gasteiger partial charge in [-0.2, -0.15) is 0 Å². The number of carbonyl (C=O) groups is 1. The predicted octanol–water partition coefficient (Wildman–Crippen LogP) is 2.55. The molecule has 0 unspecified atom stereocenters. The third-order valence-corrected chi connectivity index (χ3v) is 2.95. The monoisotopic (exact) mass is 271 g/mol. The highest BCUT2D eigenvalue weighted by atomic mass is 35.5. The van der Waals surface area contributed by atoms with Crippen LogP contribution in [0, 0.1) is 0 Å². The Bertz CT molecular complexity index is 417. The number of esters is 1. The third-order valence-electron chi connectivity index (χ3n) is 2.95. The Balaban J connectivity index is 0.00000162. The van der Waals surface area contributed by atoms with E-state index < -0.39 is 5.97 Å². The molecule has 0 aromatic heterocycles. The van der Waals surface area contributed by atoms with Crippen LogP contribution in [0.15, 0.2) is 18.2 Å². The van der Waals surface area contributed by atoms with Gasteiger partial charge < -0.3 is 15.2 Å².